The predicted octanol–water partition coefficient (Wildman–Crippen LogP) is -2.54. The number of carbonyl (C=O) groups excluding carboxylic acids is 1. The Labute approximate surface area is 100 Å². The minimum Gasteiger partial charge on any atom is -0.543 e. The van der Waals surface area contributed by atoms with E-state index in [1.54, 1.807) is 22.7 Å². The zero-order valence-corrected chi connectivity index (χ0v) is 8.98. The molecule has 66 valence electrons. The molecule has 2 heterocycles. The molecule has 0 N–H and O–H groups in total. The molecular weight excluding hydrogens is 243 g/mol. The first kappa shape index (κ1) is 11.3. The van der Waals surface area contributed by atoms with Crippen molar-refractivity contribution in [3.63, 3.8) is 0 Å². The Hall–Kier alpha value is -0.763. The minimum absolute atomic E-state index is 0. The van der Waals surface area contributed by atoms with E-state index >= 15 is 0 Å². The Kier molecular flexibility index (Phi) is 3.37. The normalized spacial score (nSPS) is 9.79. The van der Waals surface area contributed by atoms with Crippen LogP contribution in [0.1, 0.15) is 10.5 Å². The third-order valence-electron chi connectivity index (χ3n) is 1.72. The number of hydrogen-bond donors (Lipinski definition) is 0. The van der Waals surface area contributed by atoms with Gasteiger partial charge in [-0.25, -0.2) is 0 Å². The standard InChI is InChI=1S/C8H5BrN2O2.Li/c9-6-2-1-5-7(8(12)13)10-3-4-11(5)6;/h1-4H,(H,12,13);/q;+1/p-1. The van der Waals surface area contributed by atoms with Gasteiger partial charge in [-0.1, -0.05) is 0 Å². The van der Waals surface area contributed by atoms with Gasteiger partial charge < -0.3 is 14.3 Å². The van der Waals surface area contributed by atoms with Gasteiger partial charge in [0.05, 0.1) is 16.1 Å². The summed E-state index contributed by atoms with van der Waals surface area (Å²) in [5.74, 6) is -1.27. The van der Waals surface area contributed by atoms with E-state index in [0.717, 1.165) is 4.60 Å². The summed E-state index contributed by atoms with van der Waals surface area (Å²) in [6.45, 7) is 0. The van der Waals surface area contributed by atoms with E-state index in [0.29, 0.717) is 5.52 Å². The van der Waals surface area contributed by atoms with Crippen LogP contribution in [0.15, 0.2) is 29.1 Å². The Balaban J connectivity index is 0.000000980. The van der Waals surface area contributed by atoms with Crippen molar-refractivity contribution in [2.24, 2.45) is 0 Å². The first-order chi connectivity index (χ1) is 6.20. The summed E-state index contributed by atoms with van der Waals surface area (Å²) in [4.78, 5) is 14.3. The maximum absolute atomic E-state index is 10.6. The molecule has 0 aliphatic heterocycles. The van der Waals surface area contributed by atoms with Crippen LogP contribution in [-0.2, 0) is 0 Å². The van der Waals surface area contributed by atoms with Crippen LogP contribution in [0.5, 0.6) is 0 Å². The summed E-state index contributed by atoms with van der Waals surface area (Å²) in [5, 5.41) is 10.6. The second-order valence-electron chi connectivity index (χ2n) is 2.47. The van der Waals surface area contributed by atoms with Crippen molar-refractivity contribution in [3.8, 4) is 0 Å². The maximum Gasteiger partial charge on any atom is 1.00 e. The third kappa shape index (κ3) is 1.71. The number of aromatic nitrogens is 2. The molecular formula is C8H4BrLiN2O2. The Bertz CT molecular complexity index is 483. The summed E-state index contributed by atoms with van der Waals surface area (Å²) in [5.41, 5.74) is 0.475. The topological polar surface area (TPSA) is 57.4 Å². The van der Waals surface area contributed by atoms with Crippen LogP contribution in [0.25, 0.3) is 5.52 Å². The smallest absolute Gasteiger partial charge is 0.543 e. The van der Waals surface area contributed by atoms with Gasteiger partial charge in [-0.2, -0.15) is 0 Å². The van der Waals surface area contributed by atoms with Crippen molar-refractivity contribution < 1.29 is 28.8 Å². The van der Waals surface area contributed by atoms with Crippen molar-refractivity contribution in [1.82, 2.24) is 9.38 Å². The summed E-state index contributed by atoms with van der Waals surface area (Å²) < 4.78 is 2.46. The van der Waals surface area contributed by atoms with E-state index in [1.807, 2.05) is 0 Å². The maximum atomic E-state index is 10.6. The Morgan fingerprint density at radius 3 is 2.86 bits per heavy atom. The van der Waals surface area contributed by atoms with Gasteiger partial charge in [0.2, 0.25) is 0 Å². The fourth-order valence-corrected chi connectivity index (χ4v) is 1.61. The first-order valence-corrected chi connectivity index (χ1v) is 4.32. The van der Waals surface area contributed by atoms with Gasteiger partial charge in [0.15, 0.2) is 0 Å². The molecule has 0 unspecified atom stereocenters. The van der Waals surface area contributed by atoms with Gasteiger partial charge >= 0.3 is 18.9 Å². The zero-order valence-electron chi connectivity index (χ0n) is 7.40. The minimum atomic E-state index is -1.27. The van der Waals surface area contributed by atoms with E-state index in [4.69, 9.17) is 0 Å². The fourth-order valence-electron chi connectivity index (χ4n) is 1.17. The monoisotopic (exact) mass is 246 g/mol. The van der Waals surface area contributed by atoms with Crippen LogP contribution in [-0.4, -0.2) is 15.4 Å². The van der Waals surface area contributed by atoms with Crippen LogP contribution in [0, 0.1) is 0 Å². The second kappa shape index (κ2) is 4.18. The van der Waals surface area contributed by atoms with E-state index in [1.165, 1.54) is 6.20 Å². The van der Waals surface area contributed by atoms with Crippen LogP contribution in [0.2, 0.25) is 0 Å². The van der Waals surface area contributed by atoms with Gasteiger partial charge in [-0.15, -0.1) is 0 Å². The van der Waals surface area contributed by atoms with Crippen LogP contribution in [0.3, 0.4) is 0 Å². The number of carboxylic acid groups (broad SMARTS) is 1. The molecule has 0 saturated carbocycles. The molecule has 0 amide bonds. The molecule has 0 spiro atoms. The van der Waals surface area contributed by atoms with E-state index in [2.05, 4.69) is 20.9 Å². The van der Waals surface area contributed by atoms with Crippen LogP contribution >= 0.6 is 15.9 Å². The van der Waals surface area contributed by atoms with Gasteiger partial charge in [0.25, 0.3) is 0 Å². The van der Waals surface area contributed by atoms with Crippen LogP contribution < -0.4 is 24.0 Å². The summed E-state index contributed by atoms with van der Waals surface area (Å²) in [6, 6.07) is 3.42. The molecule has 2 rings (SSSR count). The molecule has 14 heavy (non-hydrogen) atoms. The number of halogens is 1. The van der Waals surface area contributed by atoms with E-state index in [9.17, 15) is 9.90 Å². The molecule has 2 aromatic heterocycles. The Morgan fingerprint density at radius 2 is 2.21 bits per heavy atom. The van der Waals surface area contributed by atoms with E-state index < -0.39 is 5.97 Å². The van der Waals surface area contributed by atoms with Crippen molar-refractivity contribution in [3.05, 3.63) is 34.8 Å². The number of carbonyl (C=O) groups is 1. The average molecular weight is 247 g/mol. The summed E-state index contributed by atoms with van der Waals surface area (Å²) in [7, 11) is 0. The second-order valence-corrected chi connectivity index (χ2v) is 3.29. The molecule has 0 aliphatic carbocycles. The average Bonchev–Trinajstić information content (AvgIpc) is 2.48. The number of hydrogen-bond acceptors (Lipinski definition) is 3. The predicted molar refractivity (Wildman–Crippen MR) is 47.2 cm³/mol. The van der Waals surface area contributed by atoms with Crippen molar-refractivity contribution in [2.45, 2.75) is 0 Å². The Morgan fingerprint density at radius 1 is 1.50 bits per heavy atom. The number of fused-ring (bicyclic) bond motifs is 1. The molecule has 0 bridgehead atoms. The molecule has 2 aromatic rings. The molecule has 0 aromatic carbocycles. The van der Waals surface area contributed by atoms with Gasteiger partial charge in [0.1, 0.15) is 5.69 Å². The summed E-state index contributed by atoms with van der Waals surface area (Å²) in [6.07, 6.45) is 3.09. The SMILES string of the molecule is O=C([O-])c1nccn2c(Br)ccc12.[Li+]. The molecule has 0 saturated heterocycles. The van der Waals surface area contributed by atoms with Gasteiger partial charge in [-0.3, -0.25) is 4.98 Å². The van der Waals surface area contributed by atoms with Crippen molar-refractivity contribution >= 4 is 27.4 Å². The largest absolute Gasteiger partial charge is 1.00 e. The molecule has 6 heteroatoms. The van der Waals surface area contributed by atoms with Gasteiger partial charge in [-0.05, 0) is 28.1 Å². The fraction of sp³-hybridized carbons (Fsp3) is 0. The first-order valence-electron chi connectivity index (χ1n) is 3.53. The number of carboxylic acids is 1. The number of rotatable bonds is 1. The van der Waals surface area contributed by atoms with Crippen molar-refractivity contribution in [1.29, 1.82) is 0 Å². The molecule has 0 fully saturated rings. The van der Waals surface area contributed by atoms with Crippen LogP contribution in [0.4, 0.5) is 0 Å². The molecule has 0 aliphatic rings. The van der Waals surface area contributed by atoms with Gasteiger partial charge in [0, 0.05) is 12.4 Å². The molecule has 0 atom stereocenters. The zero-order chi connectivity index (χ0) is 9.42. The number of aromatic carboxylic acids is 1. The quantitative estimate of drug-likeness (QED) is 0.522. The number of nitrogens with zero attached hydrogens (tertiary/aromatic N) is 2. The summed E-state index contributed by atoms with van der Waals surface area (Å²) >= 11 is 3.27. The third-order valence-corrected chi connectivity index (χ3v) is 2.37. The van der Waals surface area contributed by atoms with Crippen molar-refractivity contribution in [2.75, 3.05) is 0 Å². The van der Waals surface area contributed by atoms with E-state index in [-0.39, 0.29) is 24.6 Å². The molecule has 4 nitrogen and oxygen atoms in total. The molecule has 0 radical (unpaired) electrons.